The Hall–Kier alpha value is -1.40. The Morgan fingerprint density at radius 1 is 1.07 bits per heavy atom. The molecule has 2 atom stereocenters. The van der Waals surface area contributed by atoms with Crippen molar-refractivity contribution < 1.29 is 29.6 Å². The van der Waals surface area contributed by atoms with Crippen molar-refractivity contribution in [2.24, 2.45) is 0 Å². The number of aliphatic hydroxyl groups is 2. The minimum absolute atomic E-state index is 0.261. The summed E-state index contributed by atoms with van der Waals surface area (Å²) in [6.45, 7) is 4.86. The van der Waals surface area contributed by atoms with E-state index in [9.17, 15) is 9.59 Å². The molecule has 2 unspecified atom stereocenters. The van der Waals surface area contributed by atoms with Crippen molar-refractivity contribution in [2.75, 3.05) is 0 Å². The van der Waals surface area contributed by atoms with Crippen molar-refractivity contribution in [3.8, 4) is 0 Å². The Bertz CT molecular complexity index is 289. The zero-order valence-corrected chi connectivity index (χ0v) is 8.72. The fourth-order valence-electron chi connectivity index (χ4n) is 0.577. The van der Waals surface area contributed by atoms with E-state index in [2.05, 4.69) is 4.74 Å². The number of allylic oxidation sites excluding steroid dienone is 2. The van der Waals surface area contributed by atoms with Gasteiger partial charge in [-0.1, -0.05) is 0 Å². The maximum atomic E-state index is 11.1. The summed E-state index contributed by atoms with van der Waals surface area (Å²) in [6, 6.07) is 0. The van der Waals surface area contributed by atoms with Gasteiger partial charge in [-0.2, -0.15) is 0 Å². The number of rotatable bonds is 4. The average Bonchev–Trinajstić information content (AvgIpc) is 2.14. The molecular weight excluding hydrogens is 204 g/mol. The van der Waals surface area contributed by atoms with Crippen LogP contribution in [0.3, 0.4) is 0 Å². The van der Waals surface area contributed by atoms with Crippen LogP contribution >= 0.6 is 0 Å². The Labute approximate surface area is 86.8 Å². The maximum Gasteiger partial charge on any atom is 0.343 e. The van der Waals surface area contributed by atoms with Gasteiger partial charge in [0.25, 0.3) is 0 Å². The Kier molecular flexibility index (Phi) is 4.96. The van der Waals surface area contributed by atoms with Crippen LogP contribution in [0.25, 0.3) is 0 Å². The normalized spacial score (nSPS) is 13.9. The molecule has 0 aliphatic rings. The number of ether oxygens (including phenoxy) is 1. The monoisotopic (exact) mass is 218 g/mol. The molecule has 0 aromatic carbocycles. The van der Waals surface area contributed by atoms with E-state index >= 15 is 0 Å². The lowest BCUT2D eigenvalue weighted by Gasteiger charge is -2.13. The van der Waals surface area contributed by atoms with Crippen molar-refractivity contribution in [1.29, 1.82) is 0 Å². The van der Waals surface area contributed by atoms with Gasteiger partial charge < -0.3 is 20.1 Å². The topological polar surface area (TPSA) is 104 Å². The average molecular weight is 218 g/mol. The minimum Gasteiger partial charge on any atom is -0.479 e. The van der Waals surface area contributed by atoms with Crippen molar-refractivity contribution in [3.63, 3.8) is 0 Å². The molecule has 0 saturated heterocycles. The summed E-state index contributed by atoms with van der Waals surface area (Å²) in [5, 5.41) is 26.2. The maximum absolute atomic E-state index is 11.1. The molecular formula is C9H14O6. The smallest absolute Gasteiger partial charge is 0.343 e. The zero-order chi connectivity index (χ0) is 12.2. The molecule has 0 aromatic rings. The lowest BCUT2D eigenvalue weighted by molar-refractivity contribution is -0.167. The zero-order valence-electron chi connectivity index (χ0n) is 8.72. The third-order valence-electron chi connectivity index (χ3n) is 1.75. The van der Waals surface area contributed by atoms with E-state index in [0.717, 1.165) is 0 Å². The number of hydrogen-bond acceptors (Lipinski definition) is 5. The SMILES string of the molecule is CC(C)=C(C)OC(=O)C(O)C(O)C(=O)O. The molecule has 0 heterocycles. The molecule has 0 rings (SSSR count). The third-order valence-corrected chi connectivity index (χ3v) is 1.75. The fraction of sp³-hybridized carbons (Fsp3) is 0.556. The molecule has 0 radical (unpaired) electrons. The first-order chi connectivity index (χ1) is 6.77. The number of aliphatic hydroxyl groups excluding tert-OH is 2. The highest BCUT2D eigenvalue weighted by molar-refractivity contribution is 5.84. The van der Waals surface area contributed by atoms with Crippen LogP contribution in [0.4, 0.5) is 0 Å². The molecule has 0 bridgehead atoms. The van der Waals surface area contributed by atoms with Crippen LogP contribution in [0.2, 0.25) is 0 Å². The van der Waals surface area contributed by atoms with Gasteiger partial charge in [0.2, 0.25) is 0 Å². The third kappa shape index (κ3) is 4.09. The molecule has 6 heteroatoms. The number of carboxylic acid groups (broad SMARTS) is 1. The number of carboxylic acids is 1. The lowest BCUT2D eigenvalue weighted by Crippen LogP contribution is -2.40. The standard InChI is InChI=1S/C9H14O6/c1-4(2)5(3)15-9(14)7(11)6(10)8(12)13/h6-7,10-11H,1-3H3,(H,12,13). The van der Waals surface area contributed by atoms with E-state index in [0.29, 0.717) is 5.57 Å². The van der Waals surface area contributed by atoms with Crippen LogP contribution in [0.5, 0.6) is 0 Å². The summed E-state index contributed by atoms with van der Waals surface area (Å²) in [6.07, 6.45) is -4.26. The second-order valence-electron chi connectivity index (χ2n) is 3.21. The highest BCUT2D eigenvalue weighted by Crippen LogP contribution is 2.07. The molecule has 86 valence electrons. The van der Waals surface area contributed by atoms with E-state index in [4.69, 9.17) is 15.3 Å². The Balaban J connectivity index is 4.48. The van der Waals surface area contributed by atoms with Gasteiger partial charge in [-0.05, 0) is 26.3 Å². The Morgan fingerprint density at radius 2 is 1.53 bits per heavy atom. The van der Waals surface area contributed by atoms with Crippen molar-refractivity contribution in [2.45, 2.75) is 33.0 Å². The highest BCUT2D eigenvalue weighted by Gasteiger charge is 2.31. The predicted octanol–water partition coefficient (Wildman–Crippen LogP) is -0.350. The predicted molar refractivity (Wildman–Crippen MR) is 49.8 cm³/mol. The number of carbonyl (C=O) groups is 2. The number of esters is 1. The minimum atomic E-state index is -2.18. The molecule has 0 amide bonds. The molecule has 0 aliphatic carbocycles. The van der Waals surface area contributed by atoms with Gasteiger partial charge in [-0.25, -0.2) is 9.59 Å². The summed E-state index contributed by atoms with van der Waals surface area (Å²) in [7, 11) is 0. The molecule has 0 fully saturated rings. The summed E-state index contributed by atoms with van der Waals surface area (Å²) in [5.74, 6) is -2.62. The van der Waals surface area contributed by atoms with Gasteiger partial charge in [0.15, 0.2) is 12.2 Å². The van der Waals surface area contributed by atoms with Gasteiger partial charge in [-0.3, -0.25) is 0 Å². The van der Waals surface area contributed by atoms with Crippen LogP contribution in [-0.2, 0) is 14.3 Å². The molecule has 3 N–H and O–H groups in total. The van der Waals surface area contributed by atoms with Gasteiger partial charge >= 0.3 is 11.9 Å². The second kappa shape index (κ2) is 5.47. The first-order valence-corrected chi connectivity index (χ1v) is 4.22. The van der Waals surface area contributed by atoms with Gasteiger partial charge in [-0.15, -0.1) is 0 Å². The summed E-state index contributed by atoms with van der Waals surface area (Å²) < 4.78 is 4.61. The van der Waals surface area contributed by atoms with E-state index < -0.39 is 24.1 Å². The van der Waals surface area contributed by atoms with Crippen LogP contribution in [-0.4, -0.2) is 39.5 Å². The summed E-state index contributed by atoms with van der Waals surface area (Å²) in [5.41, 5.74) is 0.709. The molecule has 0 saturated carbocycles. The van der Waals surface area contributed by atoms with Crippen LogP contribution in [0, 0.1) is 0 Å². The van der Waals surface area contributed by atoms with Gasteiger partial charge in [0.05, 0.1) is 0 Å². The van der Waals surface area contributed by atoms with Crippen molar-refractivity contribution >= 4 is 11.9 Å². The van der Waals surface area contributed by atoms with Crippen LogP contribution < -0.4 is 0 Å². The highest BCUT2D eigenvalue weighted by atomic mass is 16.6. The molecule has 0 aromatic heterocycles. The molecule has 0 spiro atoms. The summed E-state index contributed by atoms with van der Waals surface area (Å²) >= 11 is 0. The van der Waals surface area contributed by atoms with E-state index in [1.165, 1.54) is 6.92 Å². The van der Waals surface area contributed by atoms with Crippen molar-refractivity contribution in [1.82, 2.24) is 0 Å². The quantitative estimate of drug-likeness (QED) is 0.440. The molecule has 0 aliphatic heterocycles. The molecule has 15 heavy (non-hydrogen) atoms. The first-order valence-electron chi connectivity index (χ1n) is 4.22. The van der Waals surface area contributed by atoms with E-state index in [-0.39, 0.29) is 5.76 Å². The van der Waals surface area contributed by atoms with Crippen LogP contribution in [0.1, 0.15) is 20.8 Å². The van der Waals surface area contributed by atoms with Crippen molar-refractivity contribution in [3.05, 3.63) is 11.3 Å². The first kappa shape index (κ1) is 13.6. The van der Waals surface area contributed by atoms with E-state index in [1.54, 1.807) is 13.8 Å². The van der Waals surface area contributed by atoms with Gasteiger partial charge in [0, 0.05) is 0 Å². The number of carbonyl (C=O) groups excluding carboxylic acids is 1. The van der Waals surface area contributed by atoms with Crippen LogP contribution in [0.15, 0.2) is 11.3 Å². The second-order valence-corrected chi connectivity index (χ2v) is 3.21. The Morgan fingerprint density at radius 3 is 1.87 bits per heavy atom. The fourth-order valence-corrected chi connectivity index (χ4v) is 0.577. The van der Waals surface area contributed by atoms with Gasteiger partial charge in [0.1, 0.15) is 5.76 Å². The van der Waals surface area contributed by atoms with E-state index in [1.807, 2.05) is 0 Å². The molecule has 6 nitrogen and oxygen atoms in total. The lowest BCUT2D eigenvalue weighted by atomic mass is 10.2. The summed E-state index contributed by atoms with van der Waals surface area (Å²) in [4.78, 5) is 21.3. The number of aliphatic carboxylic acids is 1. The largest absolute Gasteiger partial charge is 0.479 e. The number of hydrogen-bond donors (Lipinski definition) is 3.